The van der Waals surface area contributed by atoms with Crippen LogP contribution < -0.4 is 0 Å². The van der Waals surface area contributed by atoms with Crippen LogP contribution in [0.3, 0.4) is 0 Å². The van der Waals surface area contributed by atoms with Crippen molar-refractivity contribution < 1.29 is 29.7 Å². The van der Waals surface area contributed by atoms with E-state index >= 15 is 0 Å². The second-order valence-electron chi connectivity index (χ2n) is 2.56. The van der Waals surface area contributed by atoms with E-state index in [1.54, 1.807) is 0 Å². The first-order chi connectivity index (χ1) is 6.31. The highest BCUT2D eigenvalue weighted by atomic mass is 16.4. The Balaban J connectivity index is 0. The van der Waals surface area contributed by atoms with Crippen LogP contribution in [-0.2, 0) is 19.5 Å². The van der Waals surface area contributed by atoms with Gasteiger partial charge in [0.25, 0.3) is 0 Å². The van der Waals surface area contributed by atoms with Crippen LogP contribution in [0.15, 0.2) is 0 Å². The summed E-state index contributed by atoms with van der Waals surface area (Å²) in [6, 6.07) is 0. The second-order valence-corrected chi connectivity index (χ2v) is 2.56. The summed E-state index contributed by atoms with van der Waals surface area (Å²) in [6.07, 6.45) is -0.199. The van der Waals surface area contributed by atoms with Crippen molar-refractivity contribution in [3.8, 4) is 0 Å². The molecule has 0 fully saturated rings. The summed E-state index contributed by atoms with van der Waals surface area (Å²) in [4.78, 5) is 29.1. The molecule has 0 aromatic rings. The molecule has 0 aliphatic rings. The van der Waals surface area contributed by atoms with Crippen LogP contribution in [0.4, 0.5) is 0 Å². The predicted molar refractivity (Wildman–Crippen MR) is 45.0 cm³/mol. The molecule has 0 aliphatic heterocycles. The van der Waals surface area contributed by atoms with Crippen molar-refractivity contribution in [2.75, 3.05) is 0 Å². The van der Waals surface area contributed by atoms with Crippen LogP contribution in [0.2, 0.25) is 0 Å². The lowest BCUT2D eigenvalue weighted by Gasteiger charge is -1.98. The van der Waals surface area contributed by atoms with Gasteiger partial charge in [0.05, 0.1) is 12.3 Å². The molecular formula is C8H13O6. The number of carbonyl (C=O) groups excluding carboxylic acids is 1. The quantitative estimate of drug-likeness (QED) is 0.695. The number of aliphatic carboxylic acids is 2. The van der Waals surface area contributed by atoms with Gasteiger partial charge in [0.1, 0.15) is 0 Å². The highest BCUT2D eigenvalue weighted by molar-refractivity contribution is 5.77. The van der Waals surface area contributed by atoms with Gasteiger partial charge in [0, 0.05) is 6.42 Å². The Labute approximate surface area is 81.2 Å². The molecule has 0 saturated carbocycles. The monoisotopic (exact) mass is 205 g/mol. The lowest BCUT2D eigenvalue weighted by atomic mass is 10.1. The molecule has 81 valence electrons. The van der Waals surface area contributed by atoms with Gasteiger partial charge < -0.3 is 10.2 Å². The summed E-state index contributed by atoms with van der Waals surface area (Å²) in [5.41, 5.74) is 0. The van der Waals surface area contributed by atoms with Gasteiger partial charge in [-0.05, 0) is 0 Å². The number of carboxylic acid groups (broad SMARTS) is 2. The van der Waals surface area contributed by atoms with Gasteiger partial charge in [-0.15, -0.1) is 0 Å². The fraction of sp³-hybridized carbons (Fsp3) is 0.625. The van der Waals surface area contributed by atoms with Crippen molar-refractivity contribution in [1.82, 2.24) is 0 Å². The lowest BCUT2D eigenvalue weighted by molar-refractivity contribution is -0.147. The molecule has 0 amide bonds. The number of carbonyl (C=O) groups is 3. The Morgan fingerprint density at radius 2 is 1.57 bits per heavy atom. The summed E-state index contributed by atoms with van der Waals surface area (Å²) in [7, 11) is 0. The maximum Gasteiger partial charge on any atom is 0.355 e. The van der Waals surface area contributed by atoms with Gasteiger partial charge in [0.2, 0.25) is 0 Å². The van der Waals surface area contributed by atoms with Crippen molar-refractivity contribution in [1.29, 1.82) is 0 Å². The molecule has 1 radical (unpaired) electrons. The molecule has 1 unspecified atom stereocenters. The summed E-state index contributed by atoms with van der Waals surface area (Å²) in [5.74, 6) is -3.94. The fourth-order valence-electron chi connectivity index (χ4n) is 0.349. The topological polar surface area (TPSA) is 112 Å². The summed E-state index contributed by atoms with van der Waals surface area (Å²) in [5, 5.41) is 25.5. The molecule has 0 aliphatic carbocycles. The second kappa shape index (κ2) is 8.03. The van der Waals surface area contributed by atoms with Crippen molar-refractivity contribution >= 4 is 17.9 Å². The van der Waals surface area contributed by atoms with E-state index in [1.165, 1.54) is 13.8 Å². The van der Waals surface area contributed by atoms with Crippen LogP contribution in [-0.4, -0.2) is 28.1 Å². The molecule has 2 N–H and O–H groups in total. The molecule has 6 heteroatoms. The summed E-state index contributed by atoms with van der Waals surface area (Å²) < 4.78 is 0. The SMILES string of the molecule is CC(CC(=O)O)C(=O)O.CCC([O])=O. The third-order valence-electron chi connectivity index (χ3n) is 1.19. The van der Waals surface area contributed by atoms with Gasteiger partial charge in [0.15, 0.2) is 0 Å². The van der Waals surface area contributed by atoms with Gasteiger partial charge >= 0.3 is 17.9 Å². The maximum atomic E-state index is 9.97. The van der Waals surface area contributed by atoms with Crippen LogP contribution in [0.25, 0.3) is 0 Å². The Kier molecular flexibility index (Phi) is 8.55. The van der Waals surface area contributed by atoms with E-state index in [-0.39, 0.29) is 12.8 Å². The van der Waals surface area contributed by atoms with Gasteiger partial charge in [-0.2, -0.15) is 0 Å². The molecule has 0 aromatic carbocycles. The van der Waals surface area contributed by atoms with Crippen molar-refractivity contribution in [2.45, 2.75) is 26.7 Å². The molecule has 0 rings (SSSR count). The van der Waals surface area contributed by atoms with E-state index in [0.717, 1.165) is 0 Å². The van der Waals surface area contributed by atoms with Crippen molar-refractivity contribution in [3.05, 3.63) is 0 Å². The number of hydrogen-bond acceptors (Lipinski definition) is 3. The van der Waals surface area contributed by atoms with E-state index in [4.69, 9.17) is 10.2 Å². The molecule has 1 atom stereocenters. The first kappa shape index (κ1) is 14.9. The predicted octanol–water partition coefficient (Wildman–Crippen LogP) is 0.535. The molecular weight excluding hydrogens is 192 g/mol. The zero-order valence-corrected chi connectivity index (χ0v) is 8.02. The fourth-order valence-corrected chi connectivity index (χ4v) is 0.349. The zero-order valence-electron chi connectivity index (χ0n) is 8.02. The van der Waals surface area contributed by atoms with Crippen molar-refractivity contribution in [2.24, 2.45) is 5.92 Å². The Bertz CT molecular complexity index is 210. The minimum Gasteiger partial charge on any atom is -0.481 e. The highest BCUT2D eigenvalue weighted by Crippen LogP contribution is 1.99. The summed E-state index contributed by atoms with van der Waals surface area (Å²) >= 11 is 0. The molecule has 0 bridgehead atoms. The zero-order chi connectivity index (χ0) is 11.7. The van der Waals surface area contributed by atoms with Crippen LogP contribution in [0, 0.1) is 5.92 Å². The average molecular weight is 205 g/mol. The average Bonchev–Trinajstić information content (AvgIpc) is 2.04. The van der Waals surface area contributed by atoms with E-state index < -0.39 is 23.8 Å². The molecule has 0 heterocycles. The van der Waals surface area contributed by atoms with E-state index in [2.05, 4.69) is 0 Å². The minimum absolute atomic E-state index is 0.111. The number of hydrogen-bond donors (Lipinski definition) is 2. The van der Waals surface area contributed by atoms with Gasteiger partial charge in [-0.1, -0.05) is 13.8 Å². The smallest absolute Gasteiger partial charge is 0.355 e. The third kappa shape index (κ3) is 13.0. The van der Waals surface area contributed by atoms with Crippen molar-refractivity contribution in [3.63, 3.8) is 0 Å². The molecule has 0 spiro atoms. The first-order valence-electron chi connectivity index (χ1n) is 3.95. The minimum atomic E-state index is -1.08. The molecule has 0 aromatic heterocycles. The summed E-state index contributed by atoms with van der Waals surface area (Å²) in [6.45, 7) is 2.89. The molecule has 6 nitrogen and oxygen atoms in total. The number of rotatable bonds is 4. The maximum absolute atomic E-state index is 9.97. The standard InChI is InChI=1S/C5H8O4.C3H5O2/c1-3(5(8)9)2-4(6)7;1-2-3(4)5/h3H,2H2,1H3,(H,6,7)(H,8,9);2H2,1H3. The normalized spacial score (nSPS) is 10.7. The van der Waals surface area contributed by atoms with E-state index in [1.807, 2.05) is 0 Å². The largest absolute Gasteiger partial charge is 0.481 e. The van der Waals surface area contributed by atoms with Crippen LogP contribution in [0.5, 0.6) is 0 Å². The highest BCUT2D eigenvalue weighted by Gasteiger charge is 2.13. The Hall–Kier alpha value is -1.59. The molecule has 0 saturated heterocycles. The first-order valence-corrected chi connectivity index (χ1v) is 3.95. The lowest BCUT2D eigenvalue weighted by Crippen LogP contribution is -2.13. The van der Waals surface area contributed by atoms with E-state index in [9.17, 15) is 19.5 Å². The van der Waals surface area contributed by atoms with Crippen LogP contribution >= 0.6 is 0 Å². The van der Waals surface area contributed by atoms with E-state index in [0.29, 0.717) is 0 Å². The van der Waals surface area contributed by atoms with Gasteiger partial charge in [-0.3, -0.25) is 9.59 Å². The number of carboxylic acids is 2. The molecule has 14 heavy (non-hydrogen) atoms. The Morgan fingerprint density at radius 3 is 1.64 bits per heavy atom. The van der Waals surface area contributed by atoms with Crippen LogP contribution in [0.1, 0.15) is 26.7 Å². The van der Waals surface area contributed by atoms with Gasteiger partial charge in [-0.25, -0.2) is 9.90 Å². The Morgan fingerprint density at radius 1 is 1.21 bits per heavy atom. The third-order valence-corrected chi connectivity index (χ3v) is 1.19.